The maximum absolute atomic E-state index is 11.7. The van der Waals surface area contributed by atoms with E-state index in [0.29, 0.717) is 5.69 Å². The molecule has 1 aromatic heterocycles. The van der Waals surface area contributed by atoms with Crippen LogP contribution in [0.5, 0.6) is 0 Å². The van der Waals surface area contributed by atoms with Gasteiger partial charge in [-0.05, 0) is 11.1 Å². The average Bonchev–Trinajstić information content (AvgIpc) is 2.49. The summed E-state index contributed by atoms with van der Waals surface area (Å²) in [6.07, 6.45) is 3.12. The van der Waals surface area contributed by atoms with Crippen LogP contribution in [0.15, 0.2) is 71.8 Å². The maximum Gasteiger partial charge on any atom is 0.274 e. The fourth-order valence-corrected chi connectivity index (χ4v) is 2.01. The van der Waals surface area contributed by atoms with Gasteiger partial charge in [-0.25, -0.2) is 4.98 Å². The van der Waals surface area contributed by atoms with Crippen molar-refractivity contribution in [3.63, 3.8) is 0 Å². The van der Waals surface area contributed by atoms with Crippen LogP contribution in [0, 0.1) is 0 Å². The highest BCUT2D eigenvalue weighted by atomic mass is 16.1. The summed E-state index contributed by atoms with van der Waals surface area (Å²) in [5, 5.41) is 0. The molecule has 0 radical (unpaired) electrons. The summed E-state index contributed by atoms with van der Waals surface area (Å²) in [5.74, 6) is 0. The molecule has 0 fully saturated rings. The molecule has 0 spiro atoms. The van der Waals surface area contributed by atoms with Gasteiger partial charge in [-0.1, -0.05) is 54.6 Å². The van der Waals surface area contributed by atoms with Crippen LogP contribution >= 0.6 is 0 Å². The fourth-order valence-electron chi connectivity index (χ4n) is 2.01. The lowest BCUT2D eigenvalue weighted by Gasteiger charge is -2.03. The summed E-state index contributed by atoms with van der Waals surface area (Å²) in [6.45, 7) is 0. The van der Waals surface area contributed by atoms with Crippen molar-refractivity contribution >= 4 is 0 Å². The molecule has 19 heavy (non-hydrogen) atoms. The van der Waals surface area contributed by atoms with Gasteiger partial charge in [0.1, 0.15) is 5.69 Å². The predicted molar refractivity (Wildman–Crippen MR) is 75.7 cm³/mol. The van der Waals surface area contributed by atoms with Crippen molar-refractivity contribution in [3.05, 3.63) is 77.3 Å². The zero-order valence-electron chi connectivity index (χ0n) is 10.2. The number of hydrogen-bond donors (Lipinski definition) is 1. The first kappa shape index (κ1) is 11.4. The Morgan fingerprint density at radius 2 is 1.42 bits per heavy atom. The number of nitrogens with zero attached hydrogens (tertiary/aromatic N) is 1. The predicted octanol–water partition coefficient (Wildman–Crippen LogP) is 3.10. The van der Waals surface area contributed by atoms with Crippen molar-refractivity contribution in [1.29, 1.82) is 0 Å². The van der Waals surface area contributed by atoms with Gasteiger partial charge in [-0.2, -0.15) is 0 Å². The molecule has 0 saturated carbocycles. The number of rotatable bonds is 2. The van der Waals surface area contributed by atoms with Gasteiger partial charge in [0.2, 0.25) is 0 Å². The molecule has 0 atom stereocenters. The first-order valence-corrected chi connectivity index (χ1v) is 6.04. The summed E-state index contributed by atoms with van der Waals surface area (Å²) in [4.78, 5) is 18.4. The Morgan fingerprint density at radius 1 is 0.789 bits per heavy atom. The second-order valence-electron chi connectivity index (χ2n) is 4.21. The normalized spacial score (nSPS) is 10.3. The summed E-state index contributed by atoms with van der Waals surface area (Å²) in [6, 6.07) is 18.0. The third-order valence-electron chi connectivity index (χ3n) is 2.97. The van der Waals surface area contributed by atoms with Crippen LogP contribution in [0.4, 0.5) is 0 Å². The third-order valence-corrected chi connectivity index (χ3v) is 2.97. The molecule has 92 valence electrons. The summed E-state index contributed by atoms with van der Waals surface area (Å²) >= 11 is 0. The zero-order chi connectivity index (χ0) is 13.1. The van der Waals surface area contributed by atoms with Crippen LogP contribution in [0.3, 0.4) is 0 Å². The minimum Gasteiger partial charge on any atom is -0.326 e. The van der Waals surface area contributed by atoms with E-state index in [1.807, 2.05) is 42.5 Å². The highest BCUT2D eigenvalue weighted by Gasteiger charge is 2.04. The summed E-state index contributed by atoms with van der Waals surface area (Å²) < 4.78 is 0. The Hall–Kier alpha value is -2.68. The molecule has 3 heteroatoms. The molecule has 0 aliphatic carbocycles. The van der Waals surface area contributed by atoms with Crippen molar-refractivity contribution in [2.75, 3.05) is 0 Å². The molecule has 0 aliphatic rings. The summed E-state index contributed by atoms with van der Waals surface area (Å²) in [7, 11) is 0. The molecule has 1 heterocycles. The lowest BCUT2D eigenvalue weighted by molar-refractivity contribution is 1.14. The van der Waals surface area contributed by atoms with Crippen LogP contribution in [-0.2, 0) is 0 Å². The average molecular weight is 248 g/mol. The van der Waals surface area contributed by atoms with E-state index >= 15 is 0 Å². The highest BCUT2D eigenvalue weighted by Crippen LogP contribution is 2.21. The van der Waals surface area contributed by atoms with E-state index in [4.69, 9.17) is 0 Å². The molecule has 0 amide bonds. The van der Waals surface area contributed by atoms with Crippen molar-refractivity contribution in [1.82, 2.24) is 9.97 Å². The van der Waals surface area contributed by atoms with Gasteiger partial charge in [-0.15, -0.1) is 0 Å². The Bertz CT molecular complexity index is 730. The van der Waals surface area contributed by atoms with E-state index < -0.39 is 0 Å². The second-order valence-corrected chi connectivity index (χ2v) is 4.21. The first-order chi connectivity index (χ1) is 9.34. The molecule has 3 rings (SSSR count). The molecule has 1 N–H and O–H groups in total. The Labute approximate surface area is 110 Å². The first-order valence-electron chi connectivity index (χ1n) is 6.04. The molecule has 0 aliphatic heterocycles. The fraction of sp³-hybridized carbons (Fsp3) is 0. The van der Waals surface area contributed by atoms with Crippen LogP contribution in [0.25, 0.3) is 22.4 Å². The van der Waals surface area contributed by atoms with Crippen LogP contribution in [-0.4, -0.2) is 9.97 Å². The van der Waals surface area contributed by atoms with Crippen LogP contribution < -0.4 is 5.56 Å². The Kier molecular flexibility index (Phi) is 2.94. The minimum atomic E-state index is -0.171. The van der Waals surface area contributed by atoms with E-state index in [0.717, 1.165) is 16.7 Å². The topological polar surface area (TPSA) is 45.8 Å². The van der Waals surface area contributed by atoms with Gasteiger partial charge in [-0.3, -0.25) is 4.79 Å². The van der Waals surface area contributed by atoms with E-state index in [1.54, 1.807) is 6.20 Å². The molecule has 0 bridgehead atoms. The Balaban J connectivity index is 2.01. The molecule has 2 aromatic carbocycles. The van der Waals surface area contributed by atoms with E-state index in [9.17, 15) is 4.79 Å². The van der Waals surface area contributed by atoms with Gasteiger partial charge in [0.25, 0.3) is 5.56 Å². The van der Waals surface area contributed by atoms with E-state index in [1.165, 1.54) is 6.20 Å². The van der Waals surface area contributed by atoms with Crippen LogP contribution in [0.2, 0.25) is 0 Å². The van der Waals surface area contributed by atoms with Gasteiger partial charge in [0.05, 0.1) is 0 Å². The number of aromatic nitrogens is 2. The van der Waals surface area contributed by atoms with Gasteiger partial charge < -0.3 is 4.98 Å². The molecular weight excluding hydrogens is 236 g/mol. The zero-order valence-corrected chi connectivity index (χ0v) is 10.2. The standard InChI is InChI=1S/C16H12N2O/c19-16-15(17-10-11-18-16)14-8-6-13(7-9-14)12-4-2-1-3-5-12/h1-11H,(H,18,19). The number of aromatic amines is 1. The SMILES string of the molecule is O=c1[nH]ccnc1-c1ccc(-c2ccccc2)cc1. The molecule has 3 nitrogen and oxygen atoms in total. The lowest BCUT2D eigenvalue weighted by Crippen LogP contribution is -2.09. The van der Waals surface area contributed by atoms with Crippen LogP contribution in [0.1, 0.15) is 0 Å². The quantitative estimate of drug-likeness (QED) is 0.757. The molecule has 3 aromatic rings. The Morgan fingerprint density at radius 3 is 2.11 bits per heavy atom. The van der Waals surface area contributed by atoms with Gasteiger partial charge in [0.15, 0.2) is 0 Å². The van der Waals surface area contributed by atoms with Crippen molar-refractivity contribution < 1.29 is 0 Å². The minimum absolute atomic E-state index is 0.171. The summed E-state index contributed by atoms with van der Waals surface area (Å²) in [5.41, 5.74) is 3.37. The van der Waals surface area contributed by atoms with Gasteiger partial charge in [0, 0.05) is 18.0 Å². The monoisotopic (exact) mass is 248 g/mol. The number of benzene rings is 2. The van der Waals surface area contributed by atoms with Crippen molar-refractivity contribution in [2.24, 2.45) is 0 Å². The second kappa shape index (κ2) is 4.90. The maximum atomic E-state index is 11.7. The van der Waals surface area contributed by atoms with E-state index in [-0.39, 0.29) is 5.56 Å². The highest BCUT2D eigenvalue weighted by molar-refractivity contribution is 5.68. The van der Waals surface area contributed by atoms with Gasteiger partial charge >= 0.3 is 0 Å². The third kappa shape index (κ3) is 2.31. The van der Waals surface area contributed by atoms with E-state index in [2.05, 4.69) is 22.1 Å². The molecular formula is C16H12N2O. The number of hydrogen-bond acceptors (Lipinski definition) is 2. The van der Waals surface area contributed by atoms with Crippen molar-refractivity contribution in [3.8, 4) is 22.4 Å². The molecule has 0 saturated heterocycles. The lowest BCUT2D eigenvalue weighted by atomic mass is 10.0. The number of nitrogens with one attached hydrogen (secondary N) is 1. The van der Waals surface area contributed by atoms with Crippen molar-refractivity contribution in [2.45, 2.75) is 0 Å². The largest absolute Gasteiger partial charge is 0.326 e. The smallest absolute Gasteiger partial charge is 0.274 e. The molecule has 0 unspecified atom stereocenters. The number of H-pyrrole nitrogens is 1.